The van der Waals surface area contributed by atoms with E-state index in [9.17, 15) is 13.2 Å². The SMILES string of the molecule is CCCc1cc(N2CCCCC2)nc(Nc2ccc3[nH]c(C(F)(F)F)nc3c2)n1. The molecule has 154 valence electrons. The van der Waals surface area contributed by atoms with E-state index < -0.39 is 12.0 Å². The quantitative estimate of drug-likeness (QED) is 0.622. The Labute approximate surface area is 166 Å². The number of hydrogen-bond donors (Lipinski definition) is 2. The van der Waals surface area contributed by atoms with Gasteiger partial charge in [0.2, 0.25) is 11.8 Å². The molecule has 1 fully saturated rings. The first-order valence-corrected chi connectivity index (χ1v) is 9.89. The van der Waals surface area contributed by atoms with Crippen molar-refractivity contribution in [3.05, 3.63) is 35.8 Å². The van der Waals surface area contributed by atoms with Crippen LogP contribution in [-0.2, 0) is 12.6 Å². The number of alkyl halides is 3. The van der Waals surface area contributed by atoms with Crippen LogP contribution in [0.25, 0.3) is 11.0 Å². The first-order valence-electron chi connectivity index (χ1n) is 9.89. The number of hydrogen-bond acceptors (Lipinski definition) is 5. The van der Waals surface area contributed by atoms with Crippen molar-refractivity contribution in [2.24, 2.45) is 0 Å². The summed E-state index contributed by atoms with van der Waals surface area (Å²) in [5.74, 6) is 0.339. The Hall–Kier alpha value is -2.84. The van der Waals surface area contributed by atoms with E-state index in [2.05, 4.69) is 37.1 Å². The van der Waals surface area contributed by atoms with E-state index in [1.165, 1.54) is 6.42 Å². The molecule has 0 spiro atoms. The molecule has 3 heterocycles. The highest BCUT2D eigenvalue weighted by molar-refractivity contribution is 5.80. The third-order valence-corrected chi connectivity index (χ3v) is 4.96. The second-order valence-electron chi connectivity index (χ2n) is 7.28. The predicted molar refractivity (Wildman–Crippen MR) is 106 cm³/mol. The number of halogens is 3. The number of H-pyrrole nitrogens is 1. The molecule has 0 atom stereocenters. The summed E-state index contributed by atoms with van der Waals surface area (Å²) in [5, 5.41) is 3.14. The van der Waals surface area contributed by atoms with E-state index in [-0.39, 0.29) is 5.52 Å². The summed E-state index contributed by atoms with van der Waals surface area (Å²) in [6.45, 7) is 4.04. The van der Waals surface area contributed by atoms with E-state index in [0.29, 0.717) is 17.2 Å². The number of fused-ring (bicyclic) bond motifs is 1. The Bertz CT molecular complexity index is 992. The highest BCUT2D eigenvalue weighted by Crippen LogP contribution is 2.30. The first kappa shape index (κ1) is 19.5. The fraction of sp³-hybridized carbons (Fsp3) is 0.450. The lowest BCUT2D eigenvalue weighted by Crippen LogP contribution is -2.30. The maximum Gasteiger partial charge on any atom is 0.449 e. The second kappa shape index (κ2) is 7.88. The second-order valence-corrected chi connectivity index (χ2v) is 7.28. The summed E-state index contributed by atoms with van der Waals surface area (Å²) in [6.07, 6.45) is 0.826. The zero-order valence-electron chi connectivity index (χ0n) is 16.2. The average molecular weight is 404 g/mol. The number of anilines is 3. The monoisotopic (exact) mass is 404 g/mol. The van der Waals surface area contributed by atoms with Gasteiger partial charge in [-0.05, 0) is 43.9 Å². The van der Waals surface area contributed by atoms with Crippen molar-refractivity contribution in [1.29, 1.82) is 0 Å². The van der Waals surface area contributed by atoms with Gasteiger partial charge in [0.25, 0.3) is 0 Å². The van der Waals surface area contributed by atoms with Crippen LogP contribution in [0.2, 0.25) is 0 Å². The molecule has 0 aliphatic carbocycles. The molecular formula is C20H23F3N6. The van der Waals surface area contributed by atoms with Crippen LogP contribution >= 0.6 is 0 Å². The minimum absolute atomic E-state index is 0.239. The molecule has 0 amide bonds. The van der Waals surface area contributed by atoms with Crippen molar-refractivity contribution in [3.8, 4) is 0 Å². The molecule has 1 aliphatic rings. The summed E-state index contributed by atoms with van der Waals surface area (Å²) in [6, 6.07) is 6.86. The predicted octanol–water partition coefficient (Wildman–Crippen LogP) is 5.06. The molecule has 4 rings (SSSR count). The Morgan fingerprint density at radius 1 is 1.07 bits per heavy atom. The van der Waals surface area contributed by atoms with Crippen molar-refractivity contribution in [2.75, 3.05) is 23.3 Å². The van der Waals surface area contributed by atoms with Gasteiger partial charge in [-0.15, -0.1) is 0 Å². The summed E-state index contributed by atoms with van der Waals surface area (Å²) < 4.78 is 38.6. The Kier molecular flexibility index (Phi) is 5.29. The van der Waals surface area contributed by atoms with E-state index in [4.69, 9.17) is 0 Å². The normalized spacial score (nSPS) is 15.1. The number of piperidine rings is 1. The van der Waals surface area contributed by atoms with Crippen LogP contribution in [0.15, 0.2) is 24.3 Å². The van der Waals surface area contributed by atoms with Gasteiger partial charge in [-0.1, -0.05) is 13.3 Å². The Balaban J connectivity index is 1.62. The number of nitrogens with one attached hydrogen (secondary N) is 2. The summed E-state index contributed by atoms with van der Waals surface area (Å²) >= 11 is 0. The molecule has 29 heavy (non-hydrogen) atoms. The van der Waals surface area contributed by atoms with E-state index in [1.54, 1.807) is 18.2 Å². The summed E-state index contributed by atoms with van der Waals surface area (Å²) in [4.78, 5) is 17.5. The number of benzene rings is 1. The molecule has 1 saturated heterocycles. The number of rotatable bonds is 5. The van der Waals surface area contributed by atoms with Gasteiger partial charge in [0, 0.05) is 30.5 Å². The number of aryl methyl sites for hydroxylation is 1. The van der Waals surface area contributed by atoms with Gasteiger partial charge in [-0.2, -0.15) is 18.2 Å². The van der Waals surface area contributed by atoms with Crippen molar-refractivity contribution >= 4 is 28.5 Å². The van der Waals surface area contributed by atoms with Crippen LogP contribution in [0, 0.1) is 0 Å². The average Bonchev–Trinajstić information content (AvgIpc) is 3.13. The van der Waals surface area contributed by atoms with Gasteiger partial charge < -0.3 is 15.2 Å². The fourth-order valence-corrected chi connectivity index (χ4v) is 3.56. The lowest BCUT2D eigenvalue weighted by molar-refractivity contribution is -0.144. The highest BCUT2D eigenvalue weighted by atomic mass is 19.4. The molecule has 6 nitrogen and oxygen atoms in total. The van der Waals surface area contributed by atoms with Crippen molar-refractivity contribution in [1.82, 2.24) is 19.9 Å². The zero-order valence-corrected chi connectivity index (χ0v) is 16.2. The molecule has 1 aliphatic heterocycles. The van der Waals surface area contributed by atoms with Gasteiger partial charge >= 0.3 is 6.18 Å². The Morgan fingerprint density at radius 3 is 2.59 bits per heavy atom. The molecule has 2 aromatic heterocycles. The number of aromatic nitrogens is 4. The Morgan fingerprint density at radius 2 is 1.86 bits per heavy atom. The van der Waals surface area contributed by atoms with Crippen LogP contribution in [0.5, 0.6) is 0 Å². The largest absolute Gasteiger partial charge is 0.449 e. The van der Waals surface area contributed by atoms with Gasteiger partial charge in [-0.3, -0.25) is 0 Å². The van der Waals surface area contributed by atoms with Gasteiger partial charge in [0.15, 0.2) is 0 Å². The molecule has 0 unspecified atom stereocenters. The van der Waals surface area contributed by atoms with E-state index in [1.807, 2.05) is 6.07 Å². The van der Waals surface area contributed by atoms with Gasteiger partial charge in [0.05, 0.1) is 11.0 Å². The number of nitrogens with zero attached hydrogens (tertiary/aromatic N) is 4. The third kappa shape index (κ3) is 4.44. The fourth-order valence-electron chi connectivity index (χ4n) is 3.56. The smallest absolute Gasteiger partial charge is 0.356 e. The highest BCUT2D eigenvalue weighted by Gasteiger charge is 2.34. The minimum atomic E-state index is -4.51. The first-order chi connectivity index (χ1) is 13.9. The topological polar surface area (TPSA) is 69.7 Å². The molecule has 1 aromatic carbocycles. The number of aromatic amines is 1. The molecule has 3 aromatic rings. The molecule has 0 bridgehead atoms. The molecule has 9 heteroatoms. The minimum Gasteiger partial charge on any atom is -0.356 e. The van der Waals surface area contributed by atoms with Crippen LogP contribution in [0.4, 0.5) is 30.6 Å². The molecule has 2 N–H and O–H groups in total. The lowest BCUT2D eigenvalue weighted by Gasteiger charge is -2.28. The van der Waals surface area contributed by atoms with Crippen LogP contribution in [0.1, 0.15) is 44.1 Å². The lowest BCUT2D eigenvalue weighted by atomic mass is 10.1. The standard InChI is InChI=1S/C20H23F3N6/c1-2-6-13-12-17(29-9-4-3-5-10-29)28-19(24-13)25-14-7-8-15-16(11-14)27-18(26-15)20(21,22)23/h7-8,11-12H,2-6,9-10H2,1H3,(H,26,27)(H,24,25,28). The molecule has 0 saturated carbocycles. The maximum absolute atomic E-state index is 12.9. The van der Waals surface area contributed by atoms with Gasteiger partial charge in [0.1, 0.15) is 5.82 Å². The van der Waals surface area contributed by atoms with E-state index >= 15 is 0 Å². The molecule has 0 radical (unpaired) electrons. The molecular weight excluding hydrogens is 381 g/mol. The summed E-state index contributed by atoms with van der Waals surface area (Å²) in [7, 11) is 0. The summed E-state index contributed by atoms with van der Waals surface area (Å²) in [5.41, 5.74) is 2.11. The number of imidazole rings is 1. The van der Waals surface area contributed by atoms with E-state index in [0.717, 1.165) is 50.3 Å². The van der Waals surface area contributed by atoms with Crippen LogP contribution in [0.3, 0.4) is 0 Å². The van der Waals surface area contributed by atoms with Gasteiger partial charge in [-0.25, -0.2) is 9.97 Å². The van der Waals surface area contributed by atoms with Crippen molar-refractivity contribution in [3.63, 3.8) is 0 Å². The van der Waals surface area contributed by atoms with Crippen LogP contribution in [-0.4, -0.2) is 33.0 Å². The third-order valence-electron chi connectivity index (χ3n) is 4.96. The van der Waals surface area contributed by atoms with Crippen molar-refractivity contribution in [2.45, 2.75) is 45.2 Å². The zero-order chi connectivity index (χ0) is 20.4. The van der Waals surface area contributed by atoms with Crippen molar-refractivity contribution < 1.29 is 13.2 Å². The van der Waals surface area contributed by atoms with Crippen LogP contribution < -0.4 is 10.2 Å². The maximum atomic E-state index is 12.9.